The molecule has 0 aliphatic carbocycles. The number of carbonyl (C=O) groups excluding carboxylic acids is 1. The number of nitro benzene ring substituents is 1. The van der Waals surface area contributed by atoms with Gasteiger partial charge < -0.3 is 4.90 Å². The van der Waals surface area contributed by atoms with Crippen molar-refractivity contribution in [3.05, 3.63) is 64.7 Å². The SMILES string of the molecule is CN(NC(=O)C1CCN(c2ccccc2[N+](=O)[O-])CC1)c1ccccc1. The molecule has 1 N–H and O–H groups in total. The van der Waals surface area contributed by atoms with Crippen LogP contribution in [0.2, 0.25) is 0 Å². The third-order valence-corrected chi connectivity index (χ3v) is 4.71. The summed E-state index contributed by atoms with van der Waals surface area (Å²) < 4.78 is 0. The Morgan fingerprint density at radius 2 is 1.73 bits per heavy atom. The van der Waals surface area contributed by atoms with E-state index in [1.165, 1.54) is 6.07 Å². The van der Waals surface area contributed by atoms with Gasteiger partial charge in [-0.15, -0.1) is 0 Å². The number of nitrogens with zero attached hydrogens (tertiary/aromatic N) is 3. The Balaban J connectivity index is 1.58. The van der Waals surface area contributed by atoms with E-state index in [-0.39, 0.29) is 22.4 Å². The number of para-hydroxylation sites is 3. The molecule has 0 unspecified atom stereocenters. The van der Waals surface area contributed by atoms with Gasteiger partial charge in [0.2, 0.25) is 5.91 Å². The summed E-state index contributed by atoms with van der Waals surface area (Å²) in [5, 5.41) is 12.9. The largest absolute Gasteiger partial charge is 0.366 e. The minimum atomic E-state index is -0.358. The zero-order chi connectivity index (χ0) is 18.5. The van der Waals surface area contributed by atoms with Gasteiger partial charge in [0.05, 0.1) is 10.6 Å². The van der Waals surface area contributed by atoms with Crippen LogP contribution < -0.4 is 15.3 Å². The van der Waals surface area contributed by atoms with Crippen LogP contribution in [0.15, 0.2) is 54.6 Å². The van der Waals surface area contributed by atoms with Gasteiger partial charge in [0.15, 0.2) is 0 Å². The Hall–Kier alpha value is -3.09. The maximum Gasteiger partial charge on any atom is 0.292 e. The van der Waals surface area contributed by atoms with Crippen LogP contribution in [0, 0.1) is 16.0 Å². The minimum absolute atomic E-state index is 0.0152. The Kier molecular flexibility index (Phi) is 5.36. The summed E-state index contributed by atoms with van der Waals surface area (Å²) in [5.74, 6) is -0.112. The number of piperidine rings is 1. The fraction of sp³-hybridized carbons (Fsp3) is 0.316. The van der Waals surface area contributed by atoms with E-state index >= 15 is 0 Å². The minimum Gasteiger partial charge on any atom is -0.366 e. The molecule has 3 rings (SSSR count). The van der Waals surface area contributed by atoms with Crippen molar-refractivity contribution in [2.45, 2.75) is 12.8 Å². The van der Waals surface area contributed by atoms with Crippen LogP contribution in [0.25, 0.3) is 0 Å². The van der Waals surface area contributed by atoms with Crippen LogP contribution in [-0.4, -0.2) is 31.0 Å². The van der Waals surface area contributed by atoms with Crippen molar-refractivity contribution in [3.63, 3.8) is 0 Å². The monoisotopic (exact) mass is 354 g/mol. The smallest absolute Gasteiger partial charge is 0.292 e. The molecule has 26 heavy (non-hydrogen) atoms. The highest BCUT2D eigenvalue weighted by Gasteiger charge is 2.28. The second-order valence-corrected chi connectivity index (χ2v) is 6.38. The van der Waals surface area contributed by atoms with Crippen molar-refractivity contribution >= 4 is 23.0 Å². The summed E-state index contributed by atoms with van der Waals surface area (Å²) in [4.78, 5) is 25.4. The van der Waals surface area contributed by atoms with Crippen molar-refractivity contribution < 1.29 is 9.72 Å². The Labute approximate surface area is 152 Å². The van der Waals surface area contributed by atoms with E-state index in [0.29, 0.717) is 31.6 Å². The fourth-order valence-corrected chi connectivity index (χ4v) is 3.24. The summed E-state index contributed by atoms with van der Waals surface area (Å²) >= 11 is 0. The third kappa shape index (κ3) is 3.93. The first-order chi connectivity index (χ1) is 12.6. The number of hydrogen-bond acceptors (Lipinski definition) is 5. The zero-order valence-electron chi connectivity index (χ0n) is 14.7. The van der Waals surface area contributed by atoms with E-state index in [4.69, 9.17) is 0 Å². The number of anilines is 2. The summed E-state index contributed by atoms with van der Waals surface area (Å²) in [6.45, 7) is 1.25. The van der Waals surface area contributed by atoms with Crippen molar-refractivity contribution in [1.29, 1.82) is 0 Å². The molecule has 7 nitrogen and oxygen atoms in total. The van der Waals surface area contributed by atoms with Crippen LogP contribution in [0.3, 0.4) is 0 Å². The highest BCUT2D eigenvalue weighted by Crippen LogP contribution is 2.31. The van der Waals surface area contributed by atoms with Gasteiger partial charge >= 0.3 is 0 Å². The molecular formula is C19H22N4O3. The van der Waals surface area contributed by atoms with E-state index in [1.807, 2.05) is 42.3 Å². The molecule has 136 valence electrons. The molecule has 1 amide bonds. The molecule has 0 spiro atoms. The number of amides is 1. The van der Waals surface area contributed by atoms with Crippen molar-refractivity contribution in [2.75, 3.05) is 30.0 Å². The first-order valence-electron chi connectivity index (χ1n) is 8.64. The standard InChI is InChI=1S/C19H22N4O3/c1-21(16-7-3-2-4-8-16)20-19(24)15-11-13-22(14-12-15)17-9-5-6-10-18(17)23(25)26/h2-10,15H,11-14H2,1H3,(H,20,24). The molecule has 0 saturated carbocycles. The molecular weight excluding hydrogens is 332 g/mol. The summed E-state index contributed by atoms with van der Waals surface area (Å²) in [6, 6.07) is 16.4. The molecule has 1 aliphatic heterocycles. The van der Waals surface area contributed by atoms with Gasteiger partial charge in [-0.05, 0) is 31.0 Å². The number of hydrazine groups is 1. The van der Waals surface area contributed by atoms with E-state index in [0.717, 1.165) is 5.69 Å². The van der Waals surface area contributed by atoms with Gasteiger partial charge in [-0.1, -0.05) is 30.3 Å². The normalized spacial score (nSPS) is 14.7. The third-order valence-electron chi connectivity index (χ3n) is 4.71. The molecule has 7 heteroatoms. The molecule has 0 radical (unpaired) electrons. The highest BCUT2D eigenvalue weighted by molar-refractivity contribution is 5.80. The van der Waals surface area contributed by atoms with Gasteiger partial charge in [0, 0.05) is 32.1 Å². The fourth-order valence-electron chi connectivity index (χ4n) is 3.24. The van der Waals surface area contributed by atoms with Crippen molar-refractivity contribution in [2.24, 2.45) is 5.92 Å². The predicted octanol–water partition coefficient (Wildman–Crippen LogP) is 2.98. The average molecular weight is 354 g/mol. The van der Waals surface area contributed by atoms with Crippen LogP contribution in [0.5, 0.6) is 0 Å². The van der Waals surface area contributed by atoms with Crippen molar-refractivity contribution in [1.82, 2.24) is 5.43 Å². The van der Waals surface area contributed by atoms with Crippen LogP contribution in [-0.2, 0) is 4.79 Å². The number of nitrogens with one attached hydrogen (secondary N) is 1. The van der Waals surface area contributed by atoms with Crippen molar-refractivity contribution in [3.8, 4) is 0 Å². The van der Waals surface area contributed by atoms with Gasteiger partial charge in [-0.2, -0.15) is 0 Å². The zero-order valence-corrected chi connectivity index (χ0v) is 14.7. The van der Waals surface area contributed by atoms with E-state index in [2.05, 4.69) is 5.43 Å². The molecule has 1 heterocycles. The lowest BCUT2D eigenvalue weighted by Gasteiger charge is -2.33. The lowest BCUT2D eigenvalue weighted by Crippen LogP contribution is -2.46. The molecule has 2 aromatic rings. The number of hydrogen-bond donors (Lipinski definition) is 1. The molecule has 2 aromatic carbocycles. The molecule has 1 fully saturated rings. The predicted molar refractivity (Wildman–Crippen MR) is 101 cm³/mol. The quantitative estimate of drug-likeness (QED) is 0.660. The van der Waals surface area contributed by atoms with Crippen LogP contribution in [0.4, 0.5) is 17.1 Å². The lowest BCUT2D eigenvalue weighted by molar-refractivity contribution is -0.384. The first-order valence-corrected chi connectivity index (χ1v) is 8.64. The number of carbonyl (C=O) groups is 1. The van der Waals surface area contributed by atoms with Gasteiger partial charge in [0.25, 0.3) is 5.69 Å². The molecule has 0 atom stereocenters. The van der Waals surface area contributed by atoms with Gasteiger partial charge in [-0.3, -0.25) is 25.3 Å². The number of nitro groups is 1. The van der Waals surface area contributed by atoms with E-state index in [1.54, 1.807) is 23.2 Å². The summed E-state index contributed by atoms with van der Waals surface area (Å²) in [6.07, 6.45) is 1.33. The molecule has 0 aromatic heterocycles. The van der Waals surface area contributed by atoms with Gasteiger partial charge in [-0.25, -0.2) is 0 Å². The second kappa shape index (κ2) is 7.86. The van der Waals surface area contributed by atoms with Crippen LogP contribution >= 0.6 is 0 Å². The topological polar surface area (TPSA) is 78.7 Å². The maximum absolute atomic E-state index is 12.5. The average Bonchev–Trinajstić information content (AvgIpc) is 2.68. The number of benzene rings is 2. The maximum atomic E-state index is 12.5. The van der Waals surface area contributed by atoms with E-state index < -0.39 is 0 Å². The Morgan fingerprint density at radius 1 is 1.12 bits per heavy atom. The van der Waals surface area contributed by atoms with Gasteiger partial charge in [0.1, 0.15) is 5.69 Å². The van der Waals surface area contributed by atoms with E-state index in [9.17, 15) is 14.9 Å². The molecule has 1 aliphatic rings. The molecule has 0 bridgehead atoms. The van der Waals surface area contributed by atoms with Crippen LogP contribution in [0.1, 0.15) is 12.8 Å². The lowest BCUT2D eigenvalue weighted by atomic mass is 9.95. The Bertz CT molecular complexity index is 773. The Morgan fingerprint density at radius 3 is 2.38 bits per heavy atom. The summed E-state index contributed by atoms with van der Waals surface area (Å²) in [7, 11) is 1.82. The molecule has 1 saturated heterocycles. The highest BCUT2D eigenvalue weighted by atomic mass is 16.6. The summed E-state index contributed by atoms with van der Waals surface area (Å²) in [5.41, 5.74) is 4.57. The first kappa shape index (κ1) is 17.7. The number of rotatable bonds is 5. The second-order valence-electron chi connectivity index (χ2n) is 6.38.